The second-order valence-electron chi connectivity index (χ2n) is 4.49. The van der Waals surface area contributed by atoms with Gasteiger partial charge in [-0.05, 0) is 42.3 Å². The van der Waals surface area contributed by atoms with E-state index in [1.54, 1.807) is 13.2 Å². The van der Waals surface area contributed by atoms with Gasteiger partial charge in [-0.3, -0.25) is 0 Å². The number of ether oxygens (including phenoxy) is 1. The highest BCUT2D eigenvalue weighted by atomic mass is 19.2. The minimum Gasteiger partial charge on any atom is -0.496 e. The molecule has 0 unspecified atom stereocenters. The molecule has 0 atom stereocenters. The van der Waals surface area contributed by atoms with Crippen molar-refractivity contribution in [2.45, 2.75) is 13.0 Å². The number of halogens is 2. The van der Waals surface area contributed by atoms with Crippen molar-refractivity contribution in [2.24, 2.45) is 0 Å². The number of methoxy groups -OCH3 is 1. The Morgan fingerprint density at radius 3 is 2.60 bits per heavy atom. The average molecular weight is 277 g/mol. The van der Waals surface area contributed by atoms with Crippen molar-refractivity contribution in [3.05, 3.63) is 65.2 Å². The van der Waals surface area contributed by atoms with Crippen LogP contribution in [0.4, 0.5) is 8.78 Å². The van der Waals surface area contributed by atoms with Crippen LogP contribution in [-0.2, 0) is 13.0 Å². The van der Waals surface area contributed by atoms with Gasteiger partial charge < -0.3 is 10.1 Å². The summed E-state index contributed by atoms with van der Waals surface area (Å²) in [5.41, 5.74) is 1.84. The van der Waals surface area contributed by atoms with Crippen LogP contribution < -0.4 is 10.1 Å². The lowest BCUT2D eigenvalue weighted by Gasteiger charge is -2.09. The van der Waals surface area contributed by atoms with E-state index in [1.807, 2.05) is 24.3 Å². The maximum absolute atomic E-state index is 13.0. The molecule has 0 spiro atoms. The van der Waals surface area contributed by atoms with Gasteiger partial charge in [0.2, 0.25) is 0 Å². The van der Waals surface area contributed by atoms with E-state index in [0.29, 0.717) is 6.54 Å². The highest BCUT2D eigenvalue weighted by Crippen LogP contribution is 2.17. The maximum Gasteiger partial charge on any atom is 0.159 e. The van der Waals surface area contributed by atoms with Gasteiger partial charge in [0.05, 0.1) is 7.11 Å². The molecule has 0 fully saturated rings. The highest BCUT2D eigenvalue weighted by Gasteiger charge is 2.03. The monoisotopic (exact) mass is 277 g/mol. The van der Waals surface area contributed by atoms with Crippen LogP contribution >= 0.6 is 0 Å². The Balaban J connectivity index is 1.83. The van der Waals surface area contributed by atoms with Crippen LogP contribution in [0, 0.1) is 11.6 Å². The zero-order valence-corrected chi connectivity index (χ0v) is 11.3. The molecule has 2 aromatic carbocycles. The molecule has 0 saturated heterocycles. The fourth-order valence-electron chi connectivity index (χ4n) is 2.01. The van der Waals surface area contributed by atoms with Gasteiger partial charge in [0.1, 0.15) is 5.75 Å². The predicted molar refractivity (Wildman–Crippen MR) is 74.8 cm³/mol. The zero-order valence-electron chi connectivity index (χ0n) is 11.3. The van der Waals surface area contributed by atoms with Gasteiger partial charge in [-0.1, -0.05) is 24.3 Å². The van der Waals surface area contributed by atoms with Crippen molar-refractivity contribution in [1.29, 1.82) is 0 Å². The molecule has 2 nitrogen and oxygen atoms in total. The first kappa shape index (κ1) is 14.5. The summed E-state index contributed by atoms with van der Waals surface area (Å²) in [6, 6.07) is 11.8. The van der Waals surface area contributed by atoms with E-state index >= 15 is 0 Å². The van der Waals surface area contributed by atoms with E-state index < -0.39 is 11.6 Å². The summed E-state index contributed by atoms with van der Waals surface area (Å²) >= 11 is 0. The summed E-state index contributed by atoms with van der Waals surface area (Å²) in [5.74, 6) is -0.765. The number of rotatable bonds is 6. The summed E-state index contributed by atoms with van der Waals surface area (Å²) in [4.78, 5) is 0. The third-order valence-corrected chi connectivity index (χ3v) is 3.08. The van der Waals surface area contributed by atoms with Crippen molar-refractivity contribution in [1.82, 2.24) is 5.32 Å². The molecule has 0 aliphatic carbocycles. The van der Waals surface area contributed by atoms with Gasteiger partial charge >= 0.3 is 0 Å². The first-order valence-corrected chi connectivity index (χ1v) is 6.47. The molecule has 0 aliphatic heterocycles. The normalized spacial score (nSPS) is 10.6. The van der Waals surface area contributed by atoms with Crippen LogP contribution in [0.1, 0.15) is 11.1 Å². The first-order valence-electron chi connectivity index (χ1n) is 6.47. The van der Waals surface area contributed by atoms with Gasteiger partial charge in [-0.15, -0.1) is 0 Å². The summed E-state index contributed by atoms with van der Waals surface area (Å²) in [7, 11) is 1.65. The molecule has 4 heteroatoms. The zero-order chi connectivity index (χ0) is 14.4. The molecule has 2 rings (SSSR count). The Bertz CT molecular complexity index is 572. The Morgan fingerprint density at radius 1 is 1.05 bits per heavy atom. The van der Waals surface area contributed by atoms with Crippen molar-refractivity contribution in [3.63, 3.8) is 0 Å². The van der Waals surface area contributed by atoms with Crippen molar-refractivity contribution in [3.8, 4) is 5.75 Å². The summed E-state index contributed by atoms with van der Waals surface area (Å²) < 4.78 is 31.1. The smallest absolute Gasteiger partial charge is 0.159 e. The molecule has 0 bridgehead atoms. The Kier molecular flexibility index (Phi) is 5.07. The number of para-hydroxylation sites is 1. The number of nitrogens with one attached hydrogen (secondary N) is 1. The quantitative estimate of drug-likeness (QED) is 0.818. The molecule has 0 amide bonds. The van der Waals surface area contributed by atoms with Gasteiger partial charge in [-0.25, -0.2) is 8.78 Å². The van der Waals surface area contributed by atoms with Crippen molar-refractivity contribution in [2.75, 3.05) is 13.7 Å². The topological polar surface area (TPSA) is 21.3 Å². The molecule has 20 heavy (non-hydrogen) atoms. The lowest BCUT2D eigenvalue weighted by Crippen LogP contribution is -2.17. The second-order valence-corrected chi connectivity index (χ2v) is 4.49. The molecule has 0 heterocycles. The average Bonchev–Trinajstić information content (AvgIpc) is 2.47. The lowest BCUT2D eigenvalue weighted by molar-refractivity contribution is 0.409. The van der Waals surface area contributed by atoms with Gasteiger partial charge in [0.25, 0.3) is 0 Å². The van der Waals surface area contributed by atoms with Crippen molar-refractivity contribution >= 4 is 0 Å². The van der Waals surface area contributed by atoms with Gasteiger partial charge in [-0.2, -0.15) is 0 Å². The molecule has 106 valence electrons. The molecule has 0 saturated carbocycles. The van der Waals surface area contributed by atoms with E-state index in [2.05, 4.69) is 5.32 Å². The molecule has 2 aromatic rings. The largest absolute Gasteiger partial charge is 0.496 e. The van der Waals surface area contributed by atoms with E-state index in [1.165, 1.54) is 6.07 Å². The van der Waals surface area contributed by atoms with E-state index in [4.69, 9.17) is 4.74 Å². The fraction of sp³-hybridized carbons (Fsp3) is 0.250. The highest BCUT2D eigenvalue weighted by molar-refractivity contribution is 5.33. The van der Waals surface area contributed by atoms with E-state index in [0.717, 1.165) is 35.9 Å². The third kappa shape index (κ3) is 3.78. The Morgan fingerprint density at radius 2 is 1.85 bits per heavy atom. The first-order chi connectivity index (χ1) is 9.70. The number of benzene rings is 2. The molecule has 0 aliphatic rings. The minimum atomic E-state index is -0.817. The fourth-order valence-corrected chi connectivity index (χ4v) is 2.01. The van der Waals surface area contributed by atoms with Crippen LogP contribution in [0.15, 0.2) is 42.5 Å². The Hall–Kier alpha value is -1.94. The Labute approximate surface area is 117 Å². The van der Waals surface area contributed by atoms with Crippen LogP contribution in [0.25, 0.3) is 0 Å². The van der Waals surface area contributed by atoms with Crippen LogP contribution in [0.5, 0.6) is 5.75 Å². The SMILES string of the molecule is COc1ccccc1CCNCc1ccc(F)c(F)c1. The lowest BCUT2D eigenvalue weighted by atomic mass is 10.1. The molecule has 0 radical (unpaired) electrons. The number of hydrogen-bond acceptors (Lipinski definition) is 2. The molecule has 0 aromatic heterocycles. The van der Waals surface area contributed by atoms with Gasteiger partial charge in [0, 0.05) is 6.54 Å². The third-order valence-electron chi connectivity index (χ3n) is 3.08. The van der Waals surface area contributed by atoms with Crippen molar-refractivity contribution < 1.29 is 13.5 Å². The predicted octanol–water partition coefficient (Wildman–Crippen LogP) is 3.31. The van der Waals surface area contributed by atoms with E-state index in [-0.39, 0.29) is 0 Å². The van der Waals surface area contributed by atoms with Gasteiger partial charge in [0.15, 0.2) is 11.6 Å². The van der Waals surface area contributed by atoms with Crippen LogP contribution in [0.3, 0.4) is 0 Å². The molecular formula is C16H17F2NO. The second kappa shape index (κ2) is 7.01. The minimum absolute atomic E-state index is 0.506. The van der Waals surface area contributed by atoms with E-state index in [9.17, 15) is 8.78 Å². The maximum atomic E-state index is 13.0. The summed E-state index contributed by atoms with van der Waals surface area (Å²) in [6.45, 7) is 1.24. The van der Waals surface area contributed by atoms with Crippen LogP contribution in [0.2, 0.25) is 0 Å². The number of hydrogen-bond donors (Lipinski definition) is 1. The summed E-state index contributed by atoms with van der Waals surface area (Å²) in [5, 5.41) is 3.20. The molecular weight excluding hydrogens is 260 g/mol. The summed E-state index contributed by atoms with van der Waals surface area (Å²) in [6.07, 6.45) is 0.813. The standard InChI is InChI=1S/C16H17F2NO/c1-20-16-5-3-2-4-13(16)8-9-19-11-12-6-7-14(17)15(18)10-12/h2-7,10,19H,8-9,11H2,1H3. The molecule has 1 N–H and O–H groups in total. The van der Waals surface area contributed by atoms with Crippen LogP contribution in [-0.4, -0.2) is 13.7 Å².